The normalized spacial score (nSPS) is 13.1. The number of ether oxygens (including phenoxy) is 1. The van der Waals surface area contributed by atoms with Gasteiger partial charge in [-0.15, -0.1) is 0 Å². The molecule has 0 saturated carbocycles. The van der Waals surface area contributed by atoms with Crippen LogP contribution in [0.25, 0.3) is 0 Å². The van der Waals surface area contributed by atoms with Crippen molar-refractivity contribution >= 4 is 10.0 Å². The molecule has 1 rings (SSSR count). The third kappa shape index (κ3) is 5.15. The number of rotatable bonds is 9. The summed E-state index contributed by atoms with van der Waals surface area (Å²) in [5.41, 5.74) is 1.05. The Bertz CT molecular complexity index is 539. The average molecular weight is 312 g/mol. The minimum absolute atomic E-state index is 0.157. The van der Waals surface area contributed by atoms with Crippen molar-refractivity contribution in [1.82, 2.24) is 9.62 Å². The summed E-state index contributed by atoms with van der Waals surface area (Å²) >= 11 is 0. The Labute approximate surface area is 127 Å². The van der Waals surface area contributed by atoms with Crippen LogP contribution in [0.1, 0.15) is 24.9 Å². The molecule has 0 amide bonds. The lowest BCUT2D eigenvalue weighted by Crippen LogP contribution is -2.23. The molecule has 21 heavy (non-hydrogen) atoms. The van der Waals surface area contributed by atoms with Gasteiger partial charge in [0.1, 0.15) is 0 Å². The van der Waals surface area contributed by atoms with Crippen molar-refractivity contribution in [3.05, 3.63) is 42.7 Å². The largest absolute Gasteiger partial charge is 0.502 e. The van der Waals surface area contributed by atoms with Crippen molar-refractivity contribution in [2.45, 2.75) is 24.3 Å². The first kappa shape index (κ1) is 17.7. The van der Waals surface area contributed by atoms with Crippen molar-refractivity contribution in [2.75, 3.05) is 27.2 Å². The van der Waals surface area contributed by atoms with E-state index in [1.807, 2.05) is 19.1 Å². The zero-order valence-electron chi connectivity index (χ0n) is 12.9. The summed E-state index contributed by atoms with van der Waals surface area (Å²) < 4.78 is 30.2. The number of sulfonamides is 1. The van der Waals surface area contributed by atoms with Gasteiger partial charge in [0.05, 0.1) is 17.8 Å². The fourth-order valence-corrected chi connectivity index (χ4v) is 2.72. The summed E-state index contributed by atoms with van der Waals surface area (Å²) in [7, 11) is -0.307. The lowest BCUT2D eigenvalue weighted by molar-refractivity contribution is 0.243. The quantitative estimate of drug-likeness (QED) is 0.560. The topological polar surface area (TPSA) is 58.6 Å². The van der Waals surface area contributed by atoms with E-state index < -0.39 is 10.0 Å². The summed E-state index contributed by atoms with van der Waals surface area (Å²) in [4.78, 5) is 0.308. The van der Waals surface area contributed by atoms with Crippen LogP contribution in [0.4, 0.5) is 0 Å². The molecule has 1 aromatic carbocycles. The predicted octanol–water partition coefficient (Wildman–Crippen LogP) is 2.14. The average Bonchev–Trinajstić information content (AvgIpc) is 2.46. The molecule has 0 aromatic heterocycles. The van der Waals surface area contributed by atoms with E-state index in [1.54, 1.807) is 12.1 Å². The van der Waals surface area contributed by atoms with Crippen molar-refractivity contribution in [3.63, 3.8) is 0 Å². The van der Waals surface area contributed by atoms with Gasteiger partial charge in [-0.25, -0.2) is 12.7 Å². The first-order chi connectivity index (χ1) is 9.89. The van der Waals surface area contributed by atoms with E-state index in [0.29, 0.717) is 11.5 Å². The maximum Gasteiger partial charge on any atom is 0.242 e. The number of benzene rings is 1. The van der Waals surface area contributed by atoms with Gasteiger partial charge in [0, 0.05) is 20.1 Å². The Morgan fingerprint density at radius 1 is 1.33 bits per heavy atom. The van der Waals surface area contributed by atoms with Crippen LogP contribution in [0.5, 0.6) is 0 Å². The molecule has 1 aromatic rings. The molecule has 1 atom stereocenters. The van der Waals surface area contributed by atoms with Gasteiger partial charge in [-0.3, -0.25) is 0 Å². The van der Waals surface area contributed by atoms with Gasteiger partial charge < -0.3 is 10.1 Å². The van der Waals surface area contributed by atoms with Crippen molar-refractivity contribution < 1.29 is 13.2 Å². The molecule has 0 bridgehead atoms. The number of nitrogens with zero attached hydrogens (tertiary/aromatic N) is 1. The zero-order chi connectivity index (χ0) is 15.9. The van der Waals surface area contributed by atoms with Gasteiger partial charge >= 0.3 is 0 Å². The molecule has 0 aliphatic heterocycles. The monoisotopic (exact) mass is 312 g/mol. The minimum atomic E-state index is -3.36. The fraction of sp³-hybridized carbons (Fsp3) is 0.467. The summed E-state index contributed by atoms with van der Waals surface area (Å²) in [6, 6.07) is 7.13. The Balaban J connectivity index is 2.59. The van der Waals surface area contributed by atoms with Crippen LogP contribution in [-0.2, 0) is 14.8 Å². The first-order valence-corrected chi connectivity index (χ1v) is 8.32. The van der Waals surface area contributed by atoms with E-state index in [-0.39, 0.29) is 6.04 Å². The van der Waals surface area contributed by atoms with Crippen LogP contribution in [0.15, 0.2) is 42.0 Å². The molecule has 0 aliphatic rings. The Kier molecular flexibility index (Phi) is 6.87. The zero-order valence-corrected chi connectivity index (χ0v) is 13.7. The SMILES string of the molecule is C=COCCCNC(C)c1ccc(S(=O)(=O)N(C)C)cc1. The molecule has 0 heterocycles. The van der Waals surface area contributed by atoms with Crippen molar-refractivity contribution in [3.8, 4) is 0 Å². The van der Waals surface area contributed by atoms with Crippen LogP contribution in [-0.4, -0.2) is 40.0 Å². The number of hydrogen-bond acceptors (Lipinski definition) is 4. The molecule has 6 heteroatoms. The highest BCUT2D eigenvalue weighted by atomic mass is 32.2. The van der Waals surface area contributed by atoms with Gasteiger partial charge in [0.25, 0.3) is 0 Å². The number of nitrogens with one attached hydrogen (secondary N) is 1. The van der Waals surface area contributed by atoms with Crippen molar-refractivity contribution in [1.29, 1.82) is 0 Å². The Morgan fingerprint density at radius 2 is 1.95 bits per heavy atom. The summed E-state index contributed by atoms with van der Waals surface area (Å²) in [5.74, 6) is 0. The van der Waals surface area contributed by atoms with E-state index >= 15 is 0 Å². The molecule has 0 radical (unpaired) electrons. The lowest BCUT2D eigenvalue weighted by Gasteiger charge is -2.16. The Hall–Kier alpha value is -1.37. The molecule has 0 aliphatic carbocycles. The minimum Gasteiger partial charge on any atom is -0.502 e. The predicted molar refractivity (Wildman–Crippen MR) is 84.5 cm³/mol. The van der Waals surface area contributed by atoms with Crippen LogP contribution >= 0.6 is 0 Å². The fourth-order valence-electron chi connectivity index (χ4n) is 1.81. The van der Waals surface area contributed by atoms with E-state index in [9.17, 15) is 8.42 Å². The molecule has 1 unspecified atom stereocenters. The van der Waals surface area contributed by atoms with Crippen LogP contribution in [0, 0.1) is 0 Å². The van der Waals surface area contributed by atoms with Gasteiger partial charge in [0.2, 0.25) is 10.0 Å². The van der Waals surface area contributed by atoms with E-state index in [0.717, 1.165) is 18.5 Å². The lowest BCUT2D eigenvalue weighted by atomic mass is 10.1. The second kappa shape index (κ2) is 8.17. The second-order valence-corrected chi connectivity index (χ2v) is 7.08. The van der Waals surface area contributed by atoms with E-state index in [1.165, 1.54) is 24.7 Å². The third-order valence-corrected chi connectivity index (χ3v) is 5.00. The van der Waals surface area contributed by atoms with E-state index in [4.69, 9.17) is 4.74 Å². The summed E-state index contributed by atoms with van der Waals surface area (Å²) in [6.45, 7) is 7.00. The second-order valence-electron chi connectivity index (χ2n) is 4.92. The van der Waals surface area contributed by atoms with Crippen LogP contribution in [0.3, 0.4) is 0 Å². The molecular weight excluding hydrogens is 288 g/mol. The van der Waals surface area contributed by atoms with Gasteiger partial charge in [-0.1, -0.05) is 18.7 Å². The third-order valence-electron chi connectivity index (χ3n) is 3.17. The standard InChI is InChI=1S/C15H24N2O3S/c1-5-20-12-6-11-16-13(2)14-7-9-15(10-8-14)21(18,19)17(3)4/h5,7-10,13,16H,1,6,11-12H2,2-4H3. The van der Waals surface area contributed by atoms with E-state index in [2.05, 4.69) is 11.9 Å². The first-order valence-electron chi connectivity index (χ1n) is 6.88. The highest BCUT2D eigenvalue weighted by Gasteiger charge is 2.17. The molecule has 0 spiro atoms. The highest BCUT2D eigenvalue weighted by molar-refractivity contribution is 7.89. The summed E-state index contributed by atoms with van der Waals surface area (Å²) in [6.07, 6.45) is 2.33. The molecule has 1 N–H and O–H groups in total. The maximum absolute atomic E-state index is 12.0. The maximum atomic E-state index is 12.0. The van der Waals surface area contributed by atoms with Gasteiger partial charge in [-0.05, 0) is 37.6 Å². The molecule has 0 fully saturated rings. The Morgan fingerprint density at radius 3 is 2.48 bits per heavy atom. The highest BCUT2D eigenvalue weighted by Crippen LogP contribution is 2.18. The molecule has 118 valence electrons. The molecule has 0 saturated heterocycles. The van der Waals surface area contributed by atoms with Crippen LogP contribution in [0.2, 0.25) is 0 Å². The van der Waals surface area contributed by atoms with Crippen LogP contribution < -0.4 is 5.32 Å². The smallest absolute Gasteiger partial charge is 0.242 e. The molecular formula is C15H24N2O3S. The van der Waals surface area contributed by atoms with Gasteiger partial charge in [0.15, 0.2) is 0 Å². The summed E-state index contributed by atoms with van der Waals surface area (Å²) in [5, 5.41) is 3.36. The van der Waals surface area contributed by atoms with Gasteiger partial charge in [-0.2, -0.15) is 0 Å². The molecule has 5 nitrogen and oxygen atoms in total. The number of hydrogen-bond donors (Lipinski definition) is 1. The van der Waals surface area contributed by atoms with Crippen molar-refractivity contribution in [2.24, 2.45) is 0 Å².